The molecule has 0 fully saturated rings. The molecule has 3 heteroatoms. The van der Waals surface area contributed by atoms with Gasteiger partial charge in [0.15, 0.2) is 5.78 Å². The summed E-state index contributed by atoms with van der Waals surface area (Å²) in [6, 6.07) is 2.03. The number of hydrogen-bond acceptors (Lipinski definition) is 2. The molecule has 0 radical (unpaired) electrons. The molecular weight excluding hydrogens is 266 g/mol. The first-order chi connectivity index (χ1) is 9.53. The number of fused-ring (bicyclic) bond motifs is 1. The molecule has 0 aliphatic heterocycles. The minimum absolute atomic E-state index is 0.124. The van der Waals surface area contributed by atoms with Crippen LogP contribution in [0, 0.1) is 5.41 Å². The van der Waals surface area contributed by atoms with Gasteiger partial charge in [-0.3, -0.25) is 4.79 Å². The lowest BCUT2D eigenvalue weighted by molar-refractivity contribution is 0.0910. The van der Waals surface area contributed by atoms with E-state index >= 15 is 0 Å². The lowest BCUT2D eigenvalue weighted by atomic mass is 9.76. The maximum Gasteiger partial charge on any atom is 0.165 e. The van der Waals surface area contributed by atoms with Crippen LogP contribution in [-0.2, 0) is 13.0 Å². The van der Waals surface area contributed by atoms with E-state index in [9.17, 15) is 4.79 Å². The second-order valence-electron chi connectivity index (χ2n) is 6.72. The quantitative estimate of drug-likeness (QED) is 0.687. The van der Waals surface area contributed by atoms with Crippen molar-refractivity contribution in [3.63, 3.8) is 0 Å². The first kappa shape index (κ1) is 15.7. The number of thioether (sulfide) groups is 1. The van der Waals surface area contributed by atoms with E-state index < -0.39 is 0 Å². The molecule has 0 spiro atoms. The van der Waals surface area contributed by atoms with Gasteiger partial charge in [0.1, 0.15) is 0 Å². The van der Waals surface area contributed by atoms with Crippen LogP contribution in [0.1, 0.15) is 62.0 Å². The molecule has 1 aliphatic rings. The van der Waals surface area contributed by atoms with E-state index in [1.807, 2.05) is 17.8 Å². The summed E-state index contributed by atoms with van der Waals surface area (Å²) in [7, 11) is 0. The zero-order valence-electron chi connectivity index (χ0n) is 13.1. The molecule has 1 heterocycles. The molecule has 112 valence electrons. The van der Waals surface area contributed by atoms with Gasteiger partial charge in [-0.2, -0.15) is 11.8 Å². The van der Waals surface area contributed by atoms with Crippen molar-refractivity contribution in [2.75, 3.05) is 12.0 Å². The van der Waals surface area contributed by atoms with Crippen LogP contribution >= 0.6 is 11.8 Å². The molecule has 0 saturated heterocycles. The van der Waals surface area contributed by atoms with E-state index in [0.717, 1.165) is 18.5 Å². The fourth-order valence-corrected chi connectivity index (χ4v) is 3.59. The predicted octanol–water partition coefficient (Wildman–Crippen LogP) is 4.57. The maximum atomic E-state index is 12.1. The van der Waals surface area contributed by atoms with Crippen molar-refractivity contribution in [1.29, 1.82) is 0 Å². The molecule has 20 heavy (non-hydrogen) atoms. The molecule has 2 nitrogen and oxygen atoms in total. The molecule has 0 amide bonds. The number of aromatic nitrogens is 1. The van der Waals surface area contributed by atoms with E-state index in [2.05, 4.69) is 30.9 Å². The van der Waals surface area contributed by atoms with Crippen LogP contribution in [0.15, 0.2) is 12.3 Å². The van der Waals surface area contributed by atoms with Crippen LogP contribution in [-0.4, -0.2) is 22.4 Å². The predicted molar refractivity (Wildman–Crippen MR) is 87.7 cm³/mol. The molecule has 0 atom stereocenters. The standard InChI is InChI=1S/C17H27NOS/c1-17(2)12-15-14(16(19)13-17)8-10-18(15)9-6-4-5-7-11-20-3/h8,10H,4-7,9,11-13H2,1-3H3. The summed E-state index contributed by atoms with van der Waals surface area (Å²) in [5.74, 6) is 1.61. The second kappa shape index (κ2) is 6.84. The Kier molecular flexibility index (Phi) is 5.36. The maximum absolute atomic E-state index is 12.1. The number of hydrogen-bond donors (Lipinski definition) is 0. The minimum Gasteiger partial charge on any atom is -0.351 e. The zero-order valence-corrected chi connectivity index (χ0v) is 13.9. The van der Waals surface area contributed by atoms with Gasteiger partial charge in [0, 0.05) is 30.4 Å². The second-order valence-corrected chi connectivity index (χ2v) is 7.70. The van der Waals surface area contributed by atoms with Gasteiger partial charge in [0.05, 0.1) is 0 Å². The molecule has 0 unspecified atom stereocenters. The van der Waals surface area contributed by atoms with Crippen molar-refractivity contribution in [2.45, 2.75) is 58.9 Å². The van der Waals surface area contributed by atoms with E-state index in [1.54, 1.807) is 0 Å². The van der Waals surface area contributed by atoms with E-state index in [1.165, 1.54) is 37.1 Å². The third kappa shape index (κ3) is 3.91. The van der Waals surface area contributed by atoms with Crippen LogP contribution in [0.3, 0.4) is 0 Å². The van der Waals surface area contributed by atoms with Gasteiger partial charge in [0.25, 0.3) is 0 Å². The molecule has 1 aliphatic carbocycles. The highest BCUT2D eigenvalue weighted by Crippen LogP contribution is 2.35. The zero-order chi connectivity index (χ0) is 14.6. The van der Waals surface area contributed by atoms with Crippen LogP contribution in [0.2, 0.25) is 0 Å². The normalized spacial score (nSPS) is 17.2. The van der Waals surface area contributed by atoms with Gasteiger partial charge in [-0.05, 0) is 42.8 Å². The molecule has 0 saturated carbocycles. The minimum atomic E-state index is 0.124. The van der Waals surface area contributed by atoms with Crippen molar-refractivity contribution in [2.24, 2.45) is 5.41 Å². The lowest BCUT2D eigenvalue weighted by Crippen LogP contribution is -2.28. The third-order valence-electron chi connectivity index (χ3n) is 4.16. The first-order valence-corrected chi connectivity index (χ1v) is 9.13. The summed E-state index contributed by atoms with van der Waals surface area (Å²) in [5.41, 5.74) is 2.38. The SMILES string of the molecule is CSCCCCCCn1ccc2c1CC(C)(C)CC2=O. The highest BCUT2D eigenvalue weighted by molar-refractivity contribution is 7.98. The fourth-order valence-electron chi connectivity index (χ4n) is 3.09. The first-order valence-electron chi connectivity index (χ1n) is 7.74. The molecule has 0 N–H and O–H groups in total. The Labute approximate surface area is 127 Å². The number of nitrogens with zero attached hydrogens (tertiary/aromatic N) is 1. The van der Waals surface area contributed by atoms with Crippen LogP contribution in [0.4, 0.5) is 0 Å². The topological polar surface area (TPSA) is 22.0 Å². The van der Waals surface area contributed by atoms with Gasteiger partial charge in [0.2, 0.25) is 0 Å². The smallest absolute Gasteiger partial charge is 0.165 e. The average Bonchev–Trinajstić information content (AvgIpc) is 2.75. The van der Waals surface area contributed by atoms with Gasteiger partial charge in [-0.15, -0.1) is 0 Å². The number of carbonyl (C=O) groups excluding carboxylic acids is 1. The molecule has 1 aromatic heterocycles. The van der Waals surface area contributed by atoms with Gasteiger partial charge in [-0.1, -0.05) is 26.7 Å². The van der Waals surface area contributed by atoms with Crippen molar-refractivity contribution in [3.8, 4) is 0 Å². The van der Waals surface area contributed by atoms with Crippen molar-refractivity contribution >= 4 is 17.5 Å². The molecule has 2 rings (SSSR count). The Bertz CT molecular complexity index is 462. The summed E-state index contributed by atoms with van der Waals surface area (Å²) in [6.07, 6.45) is 11.2. The molecule has 0 aromatic carbocycles. The van der Waals surface area contributed by atoms with Gasteiger partial charge < -0.3 is 4.57 Å². The Hall–Kier alpha value is -0.700. The van der Waals surface area contributed by atoms with Crippen molar-refractivity contribution < 1.29 is 4.79 Å². The Morgan fingerprint density at radius 1 is 1.20 bits per heavy atom. The highest BCUT2D eigenvalue weighted by atomic mass is 32.2. The molecule has 0 bridgehead atoms. The Morgan fingerprint density at radius 3 is 2.70 bits per heavy atom. The van der Waals surface area contributed by atoms with Gasteiger partial charge in [-0.25, -0.2) is 0 Å². The van der Waals surface area contributed by atoms with Crippen molar-refractivity contribution in [1.82, 2.24) is 4.57 Å². The number of rotatable bonds is 7. The van der Waals surface area contributed by atoms with Crippen molar-refractivity contribution in [3.05, 3.63) is 23.5 Å². The monoisotopic (exact) mass is 293 g/mol. The van der Waals surface area contributed by atoms with E-state index in [4.69, 9.17) is 0 Å². The summed E-state index contributed by atoms with van der Waals surface area (Å²) in [4.78, 5) is 12.1. The Balaban J connectivity index is 1.89. The Morgan fingerprint density at radius 2 is 1.95 bits per heavy atom. The fraction of sp³-hybridized carbons (Fsp3) is 0.706. The summed E-state index contributed by atoms with van der Waals surface area (Å²) < 4.78 is 2.32. The van der Waals surface area contributed by atoms with Crippen LogP contribution < -0.4 is 0 Å². The van der Waals surface area contributed by atoms with E-state index in [0.29, 0.717) is 12.2 Å². The largest absolute Gasteiger partial charge is 0.351 e. The highest BCUT2D eigenvalue weighted by Gasteiger charge is 2.32. The van der Waals surface area contributed by atoms with Crippen LogP contribution in [0.5, 0.6) is 0 Å². The summed E-state index contributed by atoms with van der Waals surface area (Å²) in [6.45, 7) is 5.47. The average molecular weight is 293 g/mol. The molecular formula is C17H27NOS. The molecule has 1 aromatic rings. The number of aryl methyl sites for hydroxylation is 1. The lowest BCUT2D eigenvalue weighted by Gasteiger charge is -2.29. The number of unbranched alkanes of at least 4 members (excludes halogenated alkanes) is 3. The third-order valence-corrected chi connectivity index (χ3v) is 4.86. The number of carbonyl (C=O) groups is 1. The van der Waals surface area contributed by atoms with Crippen LogP contribution in [0.25, 0.3) is 0 Å². The van der Waals surface area contributed by atoms with E-state index in [-0.39, 0.29) is 5.41 Å². The summed E-state index contributed by atoms with van der Waals surface area (Å²) in [5, 5.41) is 0. The van der Waals surface area contributed by atoms with Gasteiger partial charge >= 0.3 is 0 Å². The summed E-state index contributed by atoms with van der Waals surface area (Å²) >= 11 is 1.93. The number of ketones is 1. The number of Topliss-reactive ketones (excluding diaryl/α,β-unsaturated/α-hetero) is 1.